The molecule has 88 valence electrons. The molecule has 1 saturated heterocycles. The van der Waals surface area contributed by atoms with Crippen LogP contribution in [0.4, 0.5) is 8.78 Å². The highest BCUT2D eigenvalue weighted by molar-refractivity contribution is 5.30. The minimum absolute atomic E-state index is 0.509. The highest BCUT2D eigenvalue weighted by Gasteiger charge is 2.16. The number of hydrogen-bond donors (Lipinski definition) is 1. The number of benzene rings is 1. The van der Waals surface area contributed by atoms with Crippen molar-refractivity contribution in [3.8, 4) is 5.75 Å². The van der Waals surface area contributed by atoms with Crippen LogP contribution in [0, 0.1) is 0 Å². The van der Waals surface area contributed by atoms with E-state index in [0.717, 1.165) is 19.5 Å². The van der Waals surface area contributed by atoms with E-state index in [-0.39, 0.29) is 0 Å². The molecule has 1 atom stereocenters. The third-order valence-corrected chi connectivity index (χ3v) is 2.79. The molecular weight excluding hydrogens is 212 g/mol. The van der Waals surface area contributed by atoms with Gasteiger partial charge in [0.05, 0.1) is 0 Å². The molecule has 1 aromatic carbocycles. The minimum Gasteiger partial charge on any atom is -0.488 e. The summed E-state index contributed by atoms with van der Waals surface area (Å²) in [6, 6.07) is 7.43. The van der Waals surface area contributed by atoms with Crippen LogP contribution < -0.4 is 10.1 Å². The molecule has 1 aliphatic rings. The van der Waals surface area contributed by atoms with Gasteiger partial charge in [-0.3, -0.25) is 0 Å². The molecule has 2 rings (SSSR count). The van der Waals surface area contributed by atoms with E-state index in [1.807, 2.05) is 12.1 Å². The second-order valence-electron chi connectivity index (χ2n) is 3.96. The second kappa shape index (κ2) is 5.25. The average molecular weight is 227 g/mol. The van der Waals surface area contributed by atoms with Crippen LogP contribution >= 0.6 is 0 Å². The molecule has 0 radical (unpaired) electrons. The van der Waals surface area contributed by atoms with E-state index >= 15 is 0 Å². The fraction of sp³-hybridized carbons (Fsp3) is 0.500. The number of halogens is 2. The zero-order valence-corrected chi connectivity index (χ0v) is 8.96. The zero-order valence-electron chi connectivity index (χ0n) is 8.96. The third-order valence-electron chi connectivity index (χ3n) is 2.79. The Morgan fingerprint density at radius 1 is 1.31 bits per heavy atom. The van der Waals surface area contributed by atoms with E-state index in [4.69, 9.17) is 4.74 Å². The van der Waals surface area contributed by atoms with E-state index in [9.17, 15) is 8.78 Å². The van der Waals surface area contributed by atoms with Crippen LogP contribution in [-0.2, 0) is 0 Å². The molecule has 16 heavy (non-hydrogen) atoms. The van der Waals surface area contributed by atoms with Gasteiger partial charge in [-0.05, 0) is 36.6 Å². The van der Waals surface area contributed by atoms with Crippen molar-refractivity contribution in [1.29, 1.82) is 0 Å². The third kappa shape index (κ3) is 2.92. The highest BCUT2D eigenvalue weighted by Crippen LogP contribution is 2.24. The molecule has 0 aliphatic carbocycles. The maximum absolute atomic E-state index is 11.9. The van der Waals surface area contributed by atoms with Crippen LogP contribution in [0.2, 0.25) is 0 Å². The van der Waals surface area contributed by atoms with E-state index < -0.39 is 13.0 Å². The molecule has 1 unspecified atom stereocenters. The molecule has 0 saturated carbocycles. The fourth-order valence-electron chi connectivity index (χ4n) is 1.93. The first kappa shape index (κ1) is 11.3. The predicted molar refractivity (Wildman–Crippen MR) is 58.2 cm³/mol. The molecule has 1 aliphatic heterocycles. The maximum atomic E-state index is 11.9. The molecule has 0 bridgehead atoms. The first-order valence-electron chi connectivity index (χ1n) is 5.47. The van der Waals surface area contributed by atoms with Gasteiger partial charge in [0.25, 0.3) is 6.43 Å². The summed E-state index contributed by atoms with van der Waals surface area (Å²) in [5, 5.41) is 3.30. The second-order valence-corrected chi connectivity index (χ2v) is 3.96. The Balaban J connectivity index is 1.93. The molecule has 0 aromatic heterocycles. The Hall–Kier alpha value is -1.16. The molecule has 1 heterocycles. The lowest BCUT2D eigenvalue weighted by Gasteiger charge is -2.10. The summed E-state index contributed by atoms with van der Waals surface area (Å²) < 4.78 is 28.7. The normalized spacial score (nSPS) is 20.3. The van der Waals surface area contributed by atoms with Crippen molar-refractivity contribution in [2.24, 2.45) is 0 Å². The standard InChI is InChI=1S/C12H15F2NO/c13-12(14)8-16-11-3-1-9(2-4-11)10-5-6-15-7-10/h1-4,10,12,15H,5-8H2. The van der Waals surface area contributed by atoms with Crippen molar-refractivity contribution < 1.29 is 13.5 Å². The van der Waals surface area contributed by atoms with E-state index in [0.29, 0.717) is 11.7 Å². The Labute approximate surface area is 93.6 Å². The summed E-state index contributed by atoms with van der Waals surface area (Å²) in [7, 11) is 0. The number of rotatable bonds is 4. The van der Waals surface area contributed by atoms with Gasteiger partial charge in [-0.15, -0.1) is 0 Å². The summed E-state index contributed by atoms with van der Waals surface area (Å²) in [6.45, 7) is 1.51. The van der Waals surface area contributed by atoms with Crippen molar-refractivity contribution in [2.75, 3.05) is 19.7 Å². The lowest BCUT2D eigenvalue weighted by molar-refractivity contribution is 0.0819. The maximum Gasteiger partial charge on any atom is 0.272 e. The summed E-state index contributed by atoms with van der Waals surface area (Å²) in [5.41, 5.74) is 1.24. The highest BCUT2D eigenvalue weighted by atomic mass is 19.3. The van der Waals surface area contributed by atoms with Crippen LogP contribution in [0.3, 0.4) is 0 Å². The molecule has 2 nitrogen and oxygen atoms in total. The van der Waals surface area contributed by atoms with Gasteiger partial charge >= 0.3 is 0 Å². The molecule has 1 aromatic rings. The van der Waals surface area contributed by atoms with E-state index in [1.54, 1.807) is 12.1 Å². The topological polar surface area (TPSA) is 21.3 Å². The monoisotopic (exact) mass is 227 g/mol. The molecule has 1 N–H and O–H groups in total. The van der Waals surface area contributed by atoms with E-state index in [1.165, 1.54) is 5.56 Å². The lowest BCUT2D eigenvalue weighted by atomic mass is 9.99. The fourth-order valence-corrected chi connectivity index (χ4v) is 1.93. The van der Waals surface area contributed by atoms with Crippen LogP contribution in [0.5, 0.6) is 5.75 Å². The van der Waals surface area contributed by atoms with Gasteiger partial charge in [-0.2, -0.15) is 0 Å². The van der Waals surface area contributed by atoms with Crippen LogP contribution in [0.1, 0.15) is 17.9 Å². The summed E-state index contributed by atoms with van der Waals surface area (Å²) in [6.07, 6.45) is -1.28. The van der Waals surface area contributed by atoms with Gasteiger partial charge in [-0.25, -0.2) is 8.78 Å². The SMILES string of the molecule is FC(F)COc1ccc(C2CCNC2)cc1. The largest absolute Gasteiger partial charge is 0.488 e. The molecule has 0 amide bonds. The van der Waals surface area contributed by atoms with Gasteiger partial charge in [0.2, 0.25) is 0 Å². The summed E-state index contributed by atoms with van der Waals surface area (Å²) in [5.74, 6) is 1.05. The van der Waals surface area contributed by atoms with Crippen molar-refractivity contribution in [3.05, 3.63) is 29.8 Å². The van der Waals surface area contributed by atoms with Gasteiger partial charge in [0, 0.05) is 6.54 Å². The molecule has 1 fully saturated rings. The van der Waals surface area contributed by atoms with E-state index in [2.05, 4.69) is 5.32 Å². The lowest BCUT2D eigenvalue weighted by Crippen LogP contribution is -2.08. The van der Waals surface area contributed by atoms with Crippen molar-refractivity contribution >= 4 is 0 Å². The Morgan fingerprint density at radius 2 is 2.06 bits per heavy atom. The predicted octanol–water partition coefficient (Wildman–Crippen LogP) is 2.41. The average Bonchev–Trinajstić information content (AvgIpc) is 2.80. The first-order chi connectivity index (χ1) is 7.75. The van der Waals surface area contributed by atoms with Gasteiger partial charge in [-0.1, -0.05) is 12.1 Å². The number of nitrogens with one attached hydrogen (secondary N) is 1. The zero-order chi connectivity index (χ0) is 11.4. The Bertz CT molecular complexity index is 320. The quantitative estimate of drug-likeness (QED) is 0.852. The minimum atomic E-state index is -2.42. The molecular formula is C12H15F2NO. The number of alkyl halides is 2. The first-order valence-corrected chi connectivity index (χ1v) is 5.47. The molecule has 4 heteroatoms. The number of ether oxygens (including phenoxy) is 1. The van der Waals surface area contributed by atoms with Crippen molar-refractivity contribution in [2.45, 2.75) is 18.8 Å². The summed E-state index contributed by atoms with van der Waals surface area (Å²) >= 11 is 0. The van der Waals surface area contributed by atoms with Crippen molar-refractivity contribution in [1.82, 2.24) is 5.32 Å². The Morgan fingerprint density at radius 3 is 2.62 bits per heavy atom. The molecule has 0 spiro atoms. The van der Waals surface area contributed by atoms with Crippen LogP contribution in [0.25, 0.3) is 0 Å². The number of hydrogen-bond acceptors (Lipinski definition) is 2. The summed E-state index contributed by atoms with van der Waals surface area (Å²) in [4.78, 5) is 0. The van der Waals surface area contributed by atoms with Crippen LogP contribution in [0.15, 0.2) is 24.3 Å². The van der Waals surface area contributed by atoms with Gasteiger partial charge < -0.3 is 10.1 Å². The smallest absolute Gasteiger partial charge is 0.272 e. The van der Waals surface area contributed by atoms with Crippen LogP contribution in [-0.4, -0.2) is 26.1 Å². The van der Waals surface area contributed by atoms with Gasteiger partial charge in [0.15, 0.2) is 0 Å². The Kier molecular flexibility index (Phi) is 3.72. The van der Waals surface area contributed by atoms with Crippen molar-refractivity contribution in [3.63, 3.8) is 0 Å². The van der Waals surface area contributed by atoms with Gasteiger partial charge in [0.1, 0.15) is 12.4 Å².